The lowest BCUT2D eigenvalue weighted by molar-refractivity contribution is 0.174. The SMILES string of the molecule is CC(CCc1ccc2c(c1)OCO2)NCC(C)C(C)C. The molecule has 1 aliphatic heterocycles. The van der Waals surface area contributed by atoms with Crippen LogP contribution in [0.25, 0.3) is 0 Å². The summed E-state index contributed by atoms with van der Waals surface area (Å²) in [5.41, 5.74) is 1.32. The fourth-order valence-electron chi connectivity index (χ4n) is 2.20. The lowest BCUT2D eigenvalue weighted by atomic mass is 9.97. The largest absolute Gasteiger partial charge is 0.454 e. The molecule has 0 fully saturated rings. The van der Waals surface area contributed by atoms with Gasteiger partial charge in [-0.05, 0) is 55.8 Å². The van der Waals surface area contributed by atoms with E-state index in [2.05, 4.69) is 45.1 Å². The molecule has 0 aromatic heterocycles. The van der Waals surface area contributed by atoms with Gasteiger partial charge in [0.1, 0.15) is 0 Å². The molecule has 1 heterocycles. The molecule has 3 heteroatoms. The molecule has 0 saturated heterocycles. The average molecular weight is 277 g/mol. The molecular formula is C17H27NO2. The zero-order chi connectivity index (χ0) is 14.5. The van der Waals surface area contributed by atoms with Crippen molar-refractivity contribution >= 4 is 0 Å². The monoisotopic (exact) mass is 277 g/mol. The molecule has 1 aliphatic rings. The molecule has 2 rings (SSSR count). The van der Waals surface area contributed by atoms with Gasteiger partial charge in [0, 0.05) is 6.04 Å². The molecule has 0 saturated carbocycles. The van der Waals surface area contributed by atoms with E-state index in [-0.39, 0.29) is 0 Å². The van der Waals surface area contributed by atoms with Crippen LogP contribution in [0.15, 0.2) is 18.2 Å². The van der Waals surface area contributed by atoms with E-state index in [0.717, 1.165) is 42.7 Å². The van der Waals surface area contributed by atoms with Crippen molar-refractivity contribution in [3.05, 3.63) is 23.8 Å². The van der Waals surface area contributed by atoms with Gasteiger partial charge in [0.05, 0.1) is 0 Å². The van der Waals surface area contributed by atoms with Gasteiger partial charge in [0.25, 0.3) is 0 Å². The standard InChI is InChI=1S/C17H27NO2/c1-12(2)13(3)10-18-14(4)5-6-15-7-8-16-17(9-15)20-11-19-16/h7-9,12-14,18H,5-6,10-11H2,1-4H3. The smallest absolute Gasteiger partial charge is 0.231 e. The molecule has 20 heavy (non-hydrogen) atoms. The molecule has 1 aromatic rings. The van der Waals surface area contributed by atoms with Crippen molar-refractivity contribution in [3.8, 4) is 11.5 Å². The third-order valence-electron chi connectivity index (χ3n) is 4.23. The highest BCUT2D eigenvalue weighted by atomic mass is 16.7. The first-order chi connectivity index (χ1) is 9.56. The highest BCUT2D eigenvalue weighted by molar-refractivity contribution is 5.44. The third-order valence-corrected chi connectivity index (χ3v) is 4.23. The maximum absolute atomic E-state index is 5.41. The maximum atomic E-state index is 5.41. The number of benzene rings is 1. The van der Waals surface area contributed by atoms with Gasteiger partial charge in [-0.25, -0.2) is 0 Å². The lowest BCUT2D eigenvalue weighted by Gasteiger charge is -2.20. The number of ether oxygens (including phenoxy) is 2. The van der Waals surface area contributed by atoms with Crippen LogP contribution in [0.3, 0.4) is 0 Å². The Bertz CT molecular complexity index is 431. The van der Waals surface area contributed by atoms with Crippen molar-refractivity contribution in [2.75, 3.05) is 13.3 Å². The van der Waals surface area contributed by atoms with Crippen molar-refractivity contribution in [1.82, 2.24) is 5.32 Å². The Labute approximate surface area is 122 Å². The Morgan fingerprint density at radius 2 is 1.85 bits per heavy atom. The van der Waals surface area contributed by atoms with Crippen LogP contribution in [-0.4, -0.2) is 19.4 Å². The van der Waals surface area contributed by atoms with Gasteiger partial charge >= 0.3 is 0 Å². The summed E-state index contributed by atoms with van der Waals surface area (Å²) in [5, 5.41) is 3.63. The number of aryl methyl sites for hydroxylation is 1. The van der Waals surface area contributed by atoms with Gasteiger partial charge in [0.15, 0.2) is 11.5 Å². The maximum Gasteiger partial charge on any atom is 0.231 e. The molecule has 0 aliphatic carbocycles. The summed E-state index contributed by atoms with van der Waals surface area (Å²) in [6, 6.07) is 6.79. The van der Waals surface area contributed by atoms with Crippen LogP contribution in [0.1, 0.15) is 39.7 Å². The third kappa shape index (κ3) is 4.14. The van der Waals surface area contributed by atoms with Crippen LogP contribution < -0.4 is 14.8 Å². The van der Waals surface area contributed by atoms with Crippen LogP contribution in [0.5, 0.6) is 11.5 Å². The first kappa shape index (κ1) is 15.2. The minimum Gasteiger partial charge on any atom is -0.454 e. The molecule has 2 unspecified atom stereocenters. The van der Waals surface area contributed by atoms with Gasteiger partial charge in [-0.3, -0.25) is 0 Å². The quantitative estimate of drug-likeness (QED) is 0.825. The first-order valence-electron chi connectivity index (χ1n) is 7.68. The number of nitrogens with one attached hydrogen (secondary N) is 1. The Kier molecular flexibility index (Phi) is 5.30. The van der Waals surface area contributed by atoms with E-state index >= 15 is 0 Å². The Morgan fingerprint density at radius 3 is 2.60 bits per heavy atom. The van der Waals surface area contributed by atoms with Crippen molar-refractivity contribution in [3.63, 3.8) is 0 Å². The van der Waals surface area contributed by atoms with Crippen molar-refractivity contribution in [2.45, 2.75) is 46.6 Å². The van der Waals surface area contributed by atoms with E-state index in [0.29, 0.717) is 12.8 Å². The Hall–Kier alpha value is -1.22. The number of hydrogen-bond acceptors (Lipinski definition) is 3. The van der Waals surface area contributed by atoms with Crippen LogP contribution in [0.4, 0.5) is 0 Å². The number of fused-ring (bicyclic) bond motifs is 1. The van der Waals surface area contributed by atoms with Crippen LogP contribution in [0.2, 0.25) is 0 Å². The topological polar surface area (TPSA) is 30.5 Å². The minimum atomic E-state index is 0.351. The molecular weight excluding hydrogens is 250 g/mol. The second-order valence-corrected chi connectivity index (χ2v) is 6.26. The summed E-state index contributed by atoms with van der Waals surface area (Å²) in [6.07, 6.45) is 2.21. The van der Waals surface area contributed by atoms with Gasteiger partial charge in [0.2, 0.25) is 6.79 Å². The Balaban J connectivity index is 1.74. The summed E-state index contributed by atoms with van der Waals surface area (Å²) in [7, 11) is 0. The summed E-state index contributed by atoms with van der Waals surface area (Å²) >= 11 is 0. The molecule has 2 atom stereocenters. The summed E-state index contributed by atoms with van der Waals surface area (Å²) in [4.78, 5) is 0. The molecule has 0 amide bonds. The minimum absolute atomic E-state index is 0.351. The van der Waals surface area contributed by atoms with Gasteiger partial charge in [-0.1, -0.05) is 26.8 Å². The van der Waals surface area contributed by atoms with Gasteiger partial charge in [-0.15, -0.1) is 0 Å². The number of hydrogen-bond donors (Lipinski definition) is 1. The average Bonchev–Trinajstić information content (AvgIpc) is 2.89. The highest BCUT2D eigenvalue weighted by Crippen LogP contribution is 2.32. The zero-order valence-electron chi connectivity index (χ0n) is 13.1. The van der Waals surface area contributed by atoms with Crippen molar-refractivity contribution in [2.24, 2.45) is 11.8 Å². The van der Waals surface area contributed by atoms with E-state index in [1.54, 1.807) is 0 Å². The fraction of sp³-hybridized carbons (Fsp3) is 0.647. The van der Waals surface area contributed by atoms with E-state index in [1.807, 2.05) is 6.07 Å². The molecule has 0 spiro atoms. The normalized spacial score (nSPS) is 16.4. The molecule has 1 N–H and O–H groups in total. The van der Waals surface area contributed by atoms with E-state index < -0.39 is 0 Å². The number of rotatable bonds is 7. The summed E-state index contributed by atoms with van der Waals surface area (Å²) in [5.74, 6) is 3.22. The summed E-state index contributed by atoms with van der Waals surface area (Å²) in [6.45, 7) is 10.6. The predicted octanol–water partition coefficient (Wildman–Crippen LogP) is 3.62. The summed E-state index contributed by atoms with van der Waals surface area (Å²) < 4.78 is 10.7. The van der Waals surface area contributed by atoms with Gasteiger partial charge < -0.3 is 14.8 Å². The molecule has 0 radical (unpaired) electrons. The predicted molar refractivity (Wildman–Crippen MR) is 82.4 cm³/mol. The molecule has 0 bridgehead atoms. The van der Waals surface area contributed by atoms with Crippen molar-refractivity contribution < 1.29 is 9.47 Å². The zero-order valence-corrected chi connectivity index (χ0v) is 13.1. The molecule has 1 aromatic carbocycles. The van der Waals surface area contributed by atoms with Crippen LogP contribution in [-0.2, 0) is 6.42 Å². The fourth-order valence-corrected chi connectivity index (χ4v) is 2.20. The first-order valence-corrected chi connectivity index (χ1v) is 7.68. The van der Waals surface area contributed by atoms with Crippen LogP contribution >= 0.6 is 0 Å². The second-order valence-electron chi connectivity index (χ2n) is 6.26. The molecule has 3 nitrogen and oxygen atoms in total. The highest BCUT2D eigenvalue weighted by Gasteiger charge is 2.14. The van der Waals surface area contributed by atoms with E-state index in [4.69, 9.17) is 9.47 Å². The van der Waals surface area contributed by atoms with E-state index in [1.165, 1.54) is 5.56 Å². The second kappa shape index (κ2) is 6.98. The van der Waals surface area contributed by atoms with Gasteiger partial charge in [-0.2, -0.15) is 0 Å². The van der Waals surface area contributed by atoms with Crippen molar-refractivity contribution in [1.29, 1.82) is 0 Å². The van der Waals surface area contributed by atoms with Crippen LogP contribution in [0, 0.1) is 11.8 Å². The lowest BCUT2D eigenvalue weighted by Crippen LogP contribution is -2.32. The Morgan fingerprint density at radius 1 is 1.10 bits per heavy atom. The van der Waals surface area contributed by atoms with E-state index in [9.17, 15) is 0 Å². The molecule has 112 valence electrons.